The van der Waals surface area contributed by atoms with Gasteiger partial charge in [-0.25, -0.2) is 8.78 Å². The summed E-state index contributed by atoms with van der Waals surface area (Å²) in [6.07, 6.45) is 1.60. The predicted molar refractivity (Wildman–Crippen MR) is 56.3 cm³/mol. The Morgan fingerprint density at radius 3 is 2.29 bits per heavy atom. The van der Waals surface area contributed by atoms with E-state index >= 15 is 0 Å². The molecule has 0 aliphatic heterocycles. The summed E-state index contributed by atoms with van der Waals surface area (Å²) in [5.41, 5.74) is 5.80. The standard InChI is InChI=1S/C11H19F4NO/c12-10(13)11(14,15)7-17-6-9(16)8-4-2-1-3-5-8/h8-10H,1-7,16H2. The largest absolute Gasteiger partial charge is 0.373 e. The SMILES string of the molecule is NC(COCC(F)(F)C(F)F)C1CCCCC1. The van der Waals surface area contributed by atoms with Gasteiger partial charge in [-0.05, 0) is 18.8 Å². The third-order valence-corrected chi connectivity index (χ3v) is 3.18. The second-order valence-electron chi connectivity index (χ2n) is 4.64. The van der Waals surface area contributed by atoms with E-state index in [9.17, 15) is 17.6 Å². The van der Waals surface area contributed by atoms with Crippen LogP contribution in [0.25, 0.3) is 0 Å². The molecule has 2 N–H and O–H groups in total. The minimum atomic E-state index is -4.08. The van der Waals surface area contributed by atoms with Crippen LogP contribution in [-0.4, -0.2) is 31.6 Å². The van der Waals surface area contributed by atoms with Gasteiger partial charge in [0.1, 0.15) is 6.61 Å². The zero-order valence-corrected chi connectivity index (χ0v) is 9.68. The lowest BCUT2D eigenvalue weighted by Gasteiger charge is -2.27. The molecule has 1 atom stereocenters. The van der Waals surface area contributed by atoms with Crippen molar-refractivity contribution in [2.75, 3.05) is 13.2 Å². The maximum absolute atomic E-state index is 12.5. The molecule has 0 saturated heterocycles. The molecule has 0 bridgehead atoms. The van der Waals surface area contributed by atoms with E-state index in [1.165, 1.54) is 6.42 Å². The van der Waals surface area contributed by atoms with Crippen LogP contribution in [0.4, 0.5) is 17.6 Å². The van der Waals surface area contributed by atoms with E-state index in [-0.39, 0.29) is 18.6 Å². The van der Waals surface area contributed by atoms with Crippen LogP contribution in [0, 0.1) is 5.92 Å². The molecule has 0 heterocycles. The minimum Gasteiger partial charge on any atom is -0.373 e. The molecule has 1 saturated carbocycles. The van der Waals surface area contributed by atoms with Crippen molar-refractivity contribution in [1.29, 1.82) is 0 Å². The second-order valence-corrected chi connectivity index (χ2v) is 4.64. The first-order valence-corrected chi connectivity index (χ1v) is 5.93. The van der Waals surface area contributed by atoms with Crippen LogP contribution in [-0.2, 0) is 4.74 Å². The number of alkyl halides is 4. The monoisotopic (exact) mass is 257 g/mol. The van der Waals surface area contributed by atoms with Crippen molar-refractivity contribution in [3.8, 4) is 0 Å². The van der Waals surface area contributed by atoms with Gasteiger partial charge in [-0.1, -0.05) is 19.3 Å². The van der Waals surface area contributed by atoms with E-state index in [1.54, 1.807) is 0 Å². The molecule has 2 nitrogen and oxygen atoms in total. The van der Waals surface area contributed by atoms with E-state index in [2.05, 4.69) is 4.74 Å². The summed E-state index contributed by atoms with van der Waals surface area (Å²) in [4.78, 5) is 0. The van der Waals surface area contributed by atoms with Crippen molar-refractivity contribution in [2.24, 2.45) is 11.7 Å². The first kappa shape index (κ1) is 14.7. The van der Waals surface area contributed by atoms with Crippen LogP contribution in [0.5, 0.6) is 0 Å². The second kappa shape index (κ2) is 6.54. The average Bonchev–Trinajstić information content (AvgIpc) is 2.29. The maximum atomic E-state index is 12.5. The third-order valence-electron chi connectivity index (χ3n) is 3.18. The average molecular weight is 257 g/mol. The van der Waals surface area contributed by atoms with Crippen LogP contribution in [0.1, 0.15) is 32.1 Å². The molecule has 1 aliphatic carbocycles. The van der Waals surface area contributed by atoms with Gasteiger partial charge in [0.15, 0.2) is 0 Å². The molecule has 0 radical (unpaired) electrons. The van der Waals surface area contributed by atoms with E-state index in [0.29, 0.717) is 0 Å². The lowest BCUT2D eigenvalue weighted by atomic mass is 9.84. The van der Waals surface area contributed by atoms with Crippen LogP contribution >= 0.6 is 0 Å². The van der Waals surface area contributed by atoms with Crippen LogP contribution in [0.2, 0.25) is 0 Å². The molecule has 1 unspecified atom stereocenters. The molecule has 0 aromatic carbocycles. The first-order valence-electron chi connectivity index (χ1n) is 5.93. The highest BCUT2D eigenvalue weighted by molar-refractivity contribution is 4.77. The molecule has 102 valence electrons. The molecule has 1 aliphatic rings. The number of hydrogen-bond donors (Lipinski definition) is 1. The molecule has 0 spiro atoms. The fourth-order valence-corrected chi connectivity index (χ4v) is 2.09. The predicted octanol–water partition coefficient (Wildman–Crippen LogP) is 2.81. The lowest BCUT2D eigenvalue weighted by molar-refractivity contribution is -0.167. The van der Waals surface area contributed by atoms with Gasteiger partial charge in [0.25, 0.3) is 0 Å². The summed E-state index contributed by atoms with van der Waals surface area (Å²) >= 11 is 0. The third kappa shape index (κ3) is 4.79. The first-order chi connectivity index (χ1) is 7.93. The van der Waals surface area contributed by atoms with Crippen molar-refractivity contribution >= 4 is 0 Å². The van der Waals surface area contributed by atoms with Crippen LogP contribution in [0.3, 0.4) is 0 Å². The van der Waals surface area contributed by atoms with Gasteiger partial charge in [0.2, 0.25) is 0 Å². The van der Waals surface area contributed by atoms with Gasteiger partial charge in [-0.2, -0.15) is 8.78 Å². The number of halogens is 4. The van der Waals surface area contributed by atoms with E-state index in [4.69, 9.17) is 5.73 Å². The Kier molecular flexibility index (Phi) is 5.66. The number of ether oxygens (including phenoxy) is 1. The van der Waals surface area contributed by atoms with E-state index in [1.807, 2.05) is 0 Å². The Bertz CT molecular complexity index is 220. The maximum Gasteiger partial charge on any atom is 0.330 e. The molecule has 6 heteroatoms. The van der Waals surface area contributed by atoms with Gasteiger partial charge < -0.3 is 10.5 Å². The smallest absolute Gasteiger partial charge is 0.330 e. The fourth-order valence-electron chi connectivity index (χ4n) is 2.09. The van der Waals surface area contributed by atoms with E-state index < -0.39 is 19.0 Å². The molecule has 17 heavy (non-hydrogen) atoms. The van der Waals surface area contributed by atoms with Gasteiger partial charge in [-0.15, -0.1) is 0 Å². The van der Waals surface area contributed by atoms with Crippen LogP contribution in [0.15, 0.2) is 0 Å². The molecular weight excluding hydrogens is 238 g/mol. The Morgan fingerprint density at radius 1 is 1.18 bits per heavy atom. The van der Waals surface area contributed by atoms with Crippen molar-refractivity contribution < 1.29 is 22.3 Å². The molecule has 0 amide bonds. The van der Waals surface area contributed by atoms with E-state index in [0.717, 1.165) is 25.7 Å². The quantitative estimate of drug-likeness (QED) is 0.743. The van der Waals surface area contributed by atoms with Gasteiger partial charge in [0.05, 0.1) is 6.61 Å². The highest BCUT2D eigenvalue weighted by Gasteiger charge is 2.41. The van der Waals surface area contributed by atoms with Crippen molar-refractivity contribution in [3.63, 3.8) is 0 Å². The van der Waals surface area contributed by atoms with Gasteiger partial charge >= 0.3 is 12.3 Å². The molecule has 1 rings (SSSR count). The summed E-state index contributed by atoms with van der Waals surface area (Å²) in [5, 5.41) is 0. The molecular formula is C11H19F4NO. The molecule has 0 aromatic rings. The molecule has 1 fully saturated rings. The number of hydrogen-bond acceptors (Lipinski definition) is 2. The van der Waals surface area contributed by atoms with Gasteiger partial charge in [-0.3, -0.25) is 0 Å². The minimum absolute atomic E-state index is 0.0764. The van der Waals surface area contributed by atoms with Gasteiger partial charge in [0, 0.05) is 6.04 Å². The highest BCUT2D eigenvalue weighted by Crippen LogP contribution is 2.26. The Labute approximate surface area is 98.5 Å². The zero-order chi connectivity index (χ0) is 12.9. The normalized spacial score (nSPS) is 20.8. The summed E-state index contributed by atoms with van der Waals surface area (Å²) < 4.78 is 53.3. The Hall–Kier alpha value is -0.360. The summed E-state index contributed by atoms with van der Waals surface area (Å²) in [7, 11) is 0. The number of rotatable bonds is 6. The summed E-state index contributed by atoms with van der Waals surface area (Å²) in [6.45, 7) is -1.34. The fraction of sp³-hybridized carbons (Fsp3) is 1.00. The Morgan fingerprint density at radius 2 is 1.76 bits per heavy atom. The van der Waals surface area contributed by atoms with Crippen LogP contribution < -0.4 is 5.73 Å². The molecule has 0 aromatic heterocycles. The lowest BCUT2D eigenvalue weighted by Crippen LogP contribution is -2.39. The summed E-state index contributed by atoms with van der Waals surface area (Å²) in [6, 6.07) is -0.330. The highest BCUT2D eigenvalue weighted by atomic mass is 19.3. The van der Waals surface area contributed by atoms with Crippen molar-refractivity contribution in [1.82, 2.24) is 0 Å². The van der Waals surface area contributed by atoms with Crippen molar-refractivity contribution in [3.05, 3.63) is 0 Å². The summed E-state index contributed by atoms with van der Waals surface area (Å²) in [5.74, 6) is -3.81. The Balaban J connectivity index is 2.21. The zero-order valence-electron chi connectivity index (χ0n) is 9.68. The number of nitrogens with two attached hydrogens (primary N) is 1. The topological polar surface area (TPSA) is 35.2 Å². The van der Waals surface area contributed by atoms with Crippen molar-refractivity contribution in [2.45, 2.75) is 50.5 Å².